The van der Waals surface area contributed by atoms with Crippen molar-refractivity contribution >= 4 is 5.69 Å². The second-order valence-corrected chi connectivity index (χ2v) is 4.42. The molecule has 1 aromatic carbocycles. The largest absolute Gasteiger partial charge is 0.373 e. The van der Waals surface area contributed by atoms with Crippen molar-refractivity contribution in [2.24, 2.45) is 5.92 Å². The van der Waals surface area contributed by atoms with Crippen LogP contribution in [0.15, 0.2) is 24.3 Å². The van der Waals surface area contributed by atoms with Crippen LogP contribution in [0.1, 0.15) is 19.4 Å². The van der Waals surface area contributed by atoms with Crippen LogP contribution in [0, 0.1) is 17.2 Å². The predicted molar refractivity (Wildman–Crippen MR) is 72.1 cm³/mol. The predicted octanol–water partition coefficient (Wildman–Crippen LogP) is 2.24. The lowest BCUT2D eigenvalue weighted by molar-refractivity contribution is 0.523. The zero-order valence-corrected chi connectivity index (χ0v) is 10.9. The molecule has 3 nitrogen and oxygen atoms in total. The quantitative estimate of drug-likeness (QED) is 0.816. The molecular formula is C14H21N3. The average molecular weight is 231 g/mol. The fourth-order valence-electron chi connectivity index (χ4n) is 1.92. The van der Waals surface area contributed by atoms with Crippen molar-refractivity contribution in [1.82, 2.24) is 5.32 Å². The third-order valence-electron chi connectivity index (χ3n) is 2.76. The van der Waals surface area contributed by atoms with Crippen LogP contribution < -0.4 is 10.2 Å². The molecule has 0 aliphatic heterocycles. The highest BCUT2D eigenvalue weighted by atomic mass is 15.1. The molecule has 0 bridgehead atoms. The molecule has 1 atom stereocenters. The minimum Gasteiger partial charge on any atom is -0.373 e. The van der Waals surface area contributed by atoms with Crippen molar-refractivity contribution in [3.63, 3.8) is 0 Å². The Kier molecular flexibility index (Phi) is 5.51. The molecule has 17 heavy (non-hydrogen) atoms. The Morgan fingerprint density at radius 1 is 1.41 bits per heavy atom. The van der Waals surface area contributed by atoms with Gasteiger partial charge in [-0.25, -0.2) is 0 Å². The van der Waals surface area contributed by atoms with Gasteiger partial charge >= 0.3 is 0 Å². The topological polar surface area (TPSA) is 39.1 Å². The molecule has 0 spiro atoms. The summed E-state index contributed by atoms with van der Waals surface area (Å²) in [5.74, 6) is 0.562. The standard InChI is InChI=1S/C14H21N3/c1-4-16-10-12(2)11-17(3)14-8-6-5-7-13(14)9-15/h5-8,12,16H,4,10-11H2,1-3H3. The molecule has 1 N–H and O–H groups in total. The van der Waals surface area contributed by atoms with Crippen molar-refractivity contribution < 1.29 is 0 Å². The van der Waals surface area contributed by atoms with E-state index in [9.17, 15) is 0 Å². The molecular weight excluding hydrogens is 210 g/mol. The summed E-state index contributed by atoms with van der Waals surface area (Å²) < 4.78 is 0. The van der Waals surface area contributed by atoms with E-state index < -0.39 is 0 Å². The summed E-state index contributed by atoms with van der Waals surface area (Å²) in [7, 11) is 2.04. The van der Waals surface area contributed by atoms with E-state index in [1.165, 1.54) is 0 Å². The van der Waals surface area contributed by atoms with Crippen molar-refractivity contribution in [3.8, 4) is 6.07 Å². The van der Waals surface area contributed by atoms with Crippen LogP contribution in [0.5, 0.6) is 0 Å². The number of benzene rings is 1. The number of hydrogen-bond donors (Lipinski definition) is 1. The Morgan fingerprint density at radius 3 is 2.76 bits per heavy atom. The SMILES string of the molecule is CCNCC(C)CN(C)c1ccccc1C#N. The van der Waals surface area contributed by atoms with Crippen LogP contribution >= 0.6 is 0 Å². The first-order valence-corrected chi connectivity index (χ1v) is 6.10. The summed E-state index contributed by atoms with van der Waals surface area (Å²) in [4.78, 5) is 2.15. The molecule has 1 unspecified atom stereocenters. The van der Waals surface area contributed by atoms with Crippen LogP contribution in [-0.4, -0.2) is 26.7 Å². The number of nitrogens with zero attached hydrogens (tertiary/aromatic N) is 2. The zero-order valence-electron chi connectivity index (χ0n) is 10.9. The molecule has 0 aromatic heterocycles. The molecule has 0 aliphatic carbocycles. The van der Waals surface area contributed by atoms with Gasteiger partial charge in [-0.1, -0.05) is 26.0 Å². The van der Waals surface area contributed by atoms with Crippen LogP contribution in [0.3, 0.4) is 0 Å². The number of rotatable bonds is 6. The highest BCUT2D eigenvalue weighted by Gasteiger charge is 2.09. The molecule has 0 amide bonds. The maximum atomic E-state index is 9.05. The Labute approximate surface area is 104 Å². The number of nitrogens with one attached hydrogen (secondary N) is 1. The Hall–Kier alpha value is -1.53. The molecule has 0 fully saturated rings. The number of para-hydroxylation sites is 1. The second-order valence-electron chi connectivity index (χ2n) is 4.42. The molecule has 0 saturated carbocycles. The van der Waals surface area contributed by atoms with Gasteiger partial charge in [0.25, 0.3) is 0 Å². The Balaban J connectivity index is 2.63. The summed E-state index contributed by atoms with van der Waals surface area (Å²) in [6.07, 6.45) is 0. The summed E-state index contributed by atoms with van der Waals surface area (Å²) in [6.45, 7) is 7.29. The van der Waals surface area contributed by atoms with E-state index in [4.69, 9.17) is 5.26 Å². The number of anilines is 1. The Morgan fingerprint density at radius 2 is 2.12 bits per heavy atom. The van der Waals surface area contributed by atoms with Gasteiger partial charge in [0.15, 0.2) is 0 Å². The van der Waals surface area contributed by atoms with Gasteiger partial charge in [-0.15, -0.1) is 0 Å². The fourth-order valence-corrected chi connectivity index (χ4v) is 1.92. The monoisotopic (exact) mass is 231 g/mol. The summed E-state index contributed by atoms with van der Waals surface area (Å²) in [5, 5.41) is 12.4. The van der Waals surface area contributed by atoms with E-state index in [2.05, 4.69) is 30.1 Å². The molecule has 0 radical (unpaired) electrons. The van der Waals surface area contributed by atoms with Gasteiger partial charge in [-0.05, 0) is 31.1 Å². The maximum Gasteiger partial charge on any atom is 0.101 e. The zero-order chi connectivity index (χ0) is 12.7. The van der Waals surface area contributed by atoms with Gasteiger partial charge in [-0.3, -0.25) is 0 Å². The van der Waals surface area contributed by atoms with E-state index in [-0.39, 0.29) is 0 Å². The van der Waals surface area contributed by atoms with Crippen LogP contribution in [0.25, 0.3) is 0 Å². The maximum absolute atomic E-state index is 9.05. The van der Waals surface area contributed by atoms with Gasteiger partial charge in [-0.2, -0.15) is 5.26 Å². The highest BCUT2D eigenvalue weighted by molar-refractivity contribution is 5.58. The van der Waals surface area contributed by atoms with E-state index in [1.807, 2.05) is 31.3 Å². The van der Waals surface area contributed by atoms with Crippen molar-refractivity contribution in [2.45, 2.75) is 13.8 Å². The normalized spacial score (nSPS) is 11.9. The lowest BCUT2D eigenvalue weighted by Crippen LogP contribution is -2.31. The number of hydrogen-bond acceptors (Lipinski definition) is 3. The first-order chi connectivity index (χ1) is 8.19. The highest BCUT2D eigenvalue weighted by Crippen LogP contribution is 2.18. The molecule has 0 aliphatic rings. The van der Waals surface area contributed by atoms with Crippen LogP contribution in [0.4, 0.5) is 5.69 Å². The van der Waals surface area contributed by atoms with Gasteiger partial charge in [0.05, 0.1) is 11.3 Å². The molecule has 3 heteroatoms. The smallest absolute Gasteiger partial charge is 0.101 e. The van der Waals surface area contributed by atoms with E-state index in [0.29, 0.717) is 5.92 Å². The van der Waals surface area contributed by atoms with Gasteiger partial charge in [0, 0.05) is 13.6 Å². The van der Waals surface area contributed by atoms with Crippen LogP contribution in [0.2, 0.25) is 0 Å². The summed E-state index contributed by atoms with van der Waals surface area (Å²) in [5.41, 5.74) is 1.75. The van der Waals surface area contributed by atoms with Gasteiger partial charge in [0.2, 0.25) is 0 Å². The summed E-state index contributed by atoms with van der Waals surface area (Å²) in [6, 6.07) is 9.97. The molecule has 0 heterocycles. The van der Waals surface area contributed by atoms with Gasteiger partial charge < -0.3 is 10.2 Å². The third-order valence-corrected chi connectivity index (χ3v) is 2.76. The number of nitriles is 1. The lowest BCUT2D eigenvalue weighted by Gasteiger charge is -2.24. The average Bonchev–Trinajstić information content (AvgIpc) is 2.36. The summed E-state index contributed by atoms with van der Waals surface area (Å²) >= 11 is 0. The fraction of sp³-hybridized carbons (Fsp3) is 0.500. The molecule has 1 rings (SSSR count). The second kappa shape index (κ2) is 6.93. The van der Waals surface area contributed by atoms with Crippen molar-refractivity contribution in [1.29, 1.82) is 5.26 Å². The molecule has 0 saturated heterocycles. The molecule has 1 aromatic rings. The van der Waals surface area contributed by atoms with E-state index in [1.54, 1.807) is 0 Å². The Bertz CT molecular complexity index is 381. The third kappa shape index (κ3) is 4.08. The first kappa shape index (κ1) is 13.5. The van der Waals surface area contributed by atoms with Gasteiger partial charge in [0.1, 0.15) is 6.07 Å². The van der Waals surface area contributed by atoms with E-state index >= 15 is 0 Å². The van der Waals surface area contributed by atoms with Crippen LogP contribution in [-0.2, 0) is 0 Å². The van der Waals surface area contributed by atoms with Crippen molar-refractivity contribution in [2.75, 3.05) is 31.6 Å². The lowest BCUT2D eigenvalue weighted by atomic mass is 10.1. The van der Waals surface area contributed by atoms with E-state index in [0.717, 1.165) is 30.9 Å². The molecule has 92 valence electrons. The van der Waals surface area contributed by atoms with Crippen molar-refractivity contribution in [3.05, 3.63) is 29.8 Å². The minimum absolute atomic E-state index is 0.562. The first-order valence-electron chi connectivity index (χ1n) is 6.10. The minimum atomic E-state index is 0.562.